The fraction of sp³-hybridized carbons (Fsp3) is 0.0909. The third-order valence-electron chi connectivity index (χ3n) is 2.61. The molecule has 0 atom stereocenters. The second kappa shape index (κ2) is 3.51. The molecule has 0 radical (unpaired) electrons. The Labute approximate surface area is 96.5 Å². The number of benzene rings is 1. The Balaban J connectivity index is 2.32. The van der Waals surface area contributed by atoms with E-state index in [1.54, 1.807) is 13.2 Å². The van der Waals surface area contributed by atoms with Gasteiger partial charge in [0.25, 0.3) is 0 Å². The van der Waals surface area contributed by atoms with E-state index in [9.17, 15) is 5.11 Å². The molecule has 2 aromatic heterocycles. The summed E-state index contributed by atoms with van der Waals surface area (Å²) >= 11 is 0. The van der Waals surface area contributed by atoms with Crippen LogP contribution in [0.25, 0.3) is 22.3 Å². The number of hydrogen-bond donors (Lipinski definition) is 1. The Hall–Kier alpha value is -2.50. The second-order valence-corrected chi connectivity index (χ2v) is 3.66. The lowest BCUT2D eigenvalue weighted by molar-refractivity contribution is 0.482. The van der Waals surface area contributed by atoms with Gasteiger partial charge in [0.15, 0.2) is 5.82 Å². The molecule has 3 aromatic rings. The zero-order valence-electron chi connectivity index (χ0n) is 9.07. The van der Waals surface area contributed by atoms with Crippen LogP contribution >= 0.6 is 0 Å². The van der Waals surface area contributed by atoms with Crippen LogP contribution in [-0.4, -0.2) is 30.3 Å². The van der Waals surface area contributed by atoms with Crippen LogP contribution in [-0.2, 0) is 7.05 Å². The van der Waals surface area contributed by atoms with Crippen LogP contribution in [0.3, 0.4) is 0 Å². The molecule has 3 rings (SSSR count). The van der Waals surface area contributed by atoms with Crippen molar-refractivity contribution in [1.82, 2.24) is 25.2 Å². The van der Waals surface area contributed by atoms with Gasteiger partial charge in [-0.1, -0.05) is 12.1 Å². The molecule has 0 saturated heterocycles. The van der Waals surface area contributed by atoms with Gasteiger partial charge < -0.3 is 5.11 Å². The Bertz CT molecular complexity index is 691. The lowest BCUT2D eigenvalue weighted by Gasteiger charge is -2.05. The van der Waals surface area contributed by atoms with E-state index in [-0.39, 0.29) is 5.75 Å². The first-order valence-electron chi connectivity index (χ1n) is 5.07. The summed E-state index contributed by atoms with van der Waals surface area (Å²) in [5, 5.41) is 22.0. The summed E-state index contributed by atoms with van der Waals surface area (Å²) in [6.07, 6.45) is 1.57. The molecular formula is C11H9N5O. The fourth-order valence-corrected chi connectivity index (χ4v) is 1.75. The van der Waals surface area contributed by atoms with Crippen molar-refractivity contribution < 1.29 is 5.11 Å². The first-order chi connectivity index (χ1) is 8.27. The Kier molecular flexibility index (Phi) is 2.01. The van der Waals surface area contributed by atoms with Crippen molar-refractivity contribution >= 4 is 10.9 Å². The third-order valence-corrected chi connectivity index (χ3v) is 2.61. The lowest BCUT2D eigenvalue weighted by Crippen LogP contribution is -1.95. The highest BCUT2D eigenvalue weighted by molar-refractivity contribution is 5.90. The largest absolute Gasteiger partial charge is 0.506 e. The normalized spacial score (nSPS) is 10.9. The molecule has 0 unspecified atom stereocenters. The molecule has 0 amide bonds. The highest BCUT2D eigenvalue weighted by atomic mass is 16.3. The van der Waals surface area contributed by atoms with Gasteiger partial charge in [-0.3, -0.25) is 4.98 Å². The molecule has 1 N–H and O–H groups in total. The summed E-state index contributed by atoms with van der Waals surface area (Å²) in [6.45, 7) is 0. The molecule has 0 spiro atoms. The quantitative estimate of drug-likeness (QED) is 0.674. The molecule has 6 nitrogen and oxygen atoms in total. The number of nitrogens with zero attached hydrogens (tertiary/aromatic N) is 5. The number of para-hydroxylation sites is 1. The Morgan fingerprint density at radius 1 is 1.24 bits per heavy atom. The first kappa shape index (κ1) is 9.71. The molecule has 1 aromatic carbocycles. The topological polar surface area (TPSA) is 76.7 Å². The van der Waals surface area contributed by atoms with Gasteiger partial charge in [0.1, 0.15) is 5.75 Å². The standard InChI is InChI=1S/C11H9N5O/c1-16-11(13-14-15-16)8-6-12-9-5-3-2-4-7(9)10(8)17/h2-6H,1H3,(H,12,17). The van der Waals surface area contributed by atoms with E-state index in [1.807, 2.05) is 24.3 Å². The third kappa shape index (κ3) is 1.42. The number of aromatic hydroxyl groups is 1. The maximum Gasteiger partial charge on any atom is 0.187 e. The van der Waals surface area contributed by atoms with Crippen LogP contribution in [0.4, 0.5) is 0 Å². The van der Waals surface area contributed by atoms with Crippen molar-refractivity contribution in [3.8, 4) is 17.1 Å². The van der Waals surface area contributed by atoms with E-state index in [1.165, 1.54) is 4.68 Å². The molecule has 0 aliphatic rings. The van der Waals surface area contributed by atoms with Crippen LogP contribution in [0.2, 0.25) is 0 Å². The van der Waals surface area contributed by atoms with Gasteiger partial charge in [0.05, 0.1) is 11.1 Å². The number of pyridine rings is 1. The highest BCUT2D eigenvalue weighted by Crippen LogP contribution is 2.32. The van der Waals surface area contributed by atoms with Gasteiger partial charge in [0.2, 0.25) is 0 Å². The van der Waals surface area contributed by atoms with Crippen LogP contribution in [0.15, 0.2) is 30.5 Å². The summed E-state index contributed by atoms with van der Waals surface area (Å²) in [5.41, 5.74) is 1.26. The number of fused-ring (bicyclic) bond motifs is 1. The van der Waals surface area contributed by atoms with E-state index in [0.717, 1.165) is 5.52 Å². The monoisotopic (exact) mass is 227 g/mol. The maximum absolute atomic E-state index is 10.2. The van der Waals surface area contributed by atoms with E-state index in [0.29, 0.717) is 16.8 Å². The molecule has 0 fully saturated rings. The molecule has 0 bridgehead atoms. The number of hydrogen-bond acceptors (Lipinski definition) is 5. The molecular weight excluding hydrogens is 218 g/mol. The van der Waals surface area contributed by atoms with Crippen molar-refractivity contribution in [3.05, 3.63) is 30.5 Å². The first-order valence-corrected chi connectivity index (χ1v) is 5.07. The van der Waals surface area contributed by atoms with Crippen molar-refractivity contribution in [1.29, 1.82) is 0 Å². The fourth-order valence-electron chi connectivity index (χ4n) is 1.75. The van der Waals surface area contributed by atoms with Gasteiger partial charge in [-0.15, -0.1) is 5.10 Å². The predicted molar refractivity (Wildman–Crippen MR) is 61.2 cm³/mol. The summed E-state index contributed by atoms with van der Waals surface area (Å²) in [7, 11) is 1.71. The lowest BCUT2D eigenvalue weighted by atomic mass is 10.1. The minimum atomic E-state index is 0.147. The second-order valence-electron chi connectivity index (χ2n) is 3.66. The molecule has 0 aliphatic heterocycles. The number of aryl methyl sites for hydroxylation is 1. The SMILES string of the molecule is Cn1nnnc1-c1cnc2ccccc2c1O. The van der Waals surface area contributed by atoms with Crippen molar-refractivity contribution in [2.75, 3.05) is 0 Å². The smallest absolute Gasteiger partial charge is 0.187 e. The summed E-state index contributed by atoms with van der Waals surface area (Å²) in [5.74, 6) is 0.634. The average Bonchev–Trinajstić information content (AvgIpc) is 2.76. The van der Waals surface area contributed by atoms with Crippen molar-refractivity contribution in [2.45, 2.75) is 0 Å². The molecule has 0 aliphatic carbocycles. The summed E-state index contributed by atoms with van der Waals surface area (Å²) < 4.78 is 1.49. The minimum Gasteiger partial charge on any atom is -0.506 e. The van der Waals surface area contributed by atoms with Gasteiger partial charge in [-0.2, -0.15) is 0 Å². The van der Waals surface area contributed by atoms with Crippen molar-refractivity contribution in [3.63, 3.8) is 0 Å². The molecule has 6 heteroatoms. The van der Waals surface area contributed by atoms with Crippen LogP contribution < -0.4 is 0 Å². The van der Waals surface area contributed by atoms with E-state index >= 15 is 0 Å². The molecule has 2 heterocycles. The molecule has 17 heavy (non-hydrogen) atoms. The summed E-state index contributed by atoms with van der Waals surface area (Å²) in [6, 6.07) is 7.37. The van der Waals surface area contributed by atoms with Crippen LogP contribution in [0.1, 0.15) is 0 Å². The molecule has 84 valence electrons. The zero-order chi connectivity index (χ0) is 11.8. The van der Waals surface area contributed by atoms with Gasteiger partial charge in [-0.05, 0) is 22.6 Å². The van der Waals surface area contributed by atoms with Gasteiger partial charge >= 0.3 is 0 Å². The van der Waals surface area contributed by atoms with Crippen molar-refractivity contribution in [2.24, 2.45) is 7.05 Å². The van der Waals surface area contributed by atoms with Gasteiger partial charge in [0, 0.05) is 18.6 Å². The van der Waals surface area contributed by atoms with E-state index < -0.39 is 0 Å². The van der Waals surface area contributed by atoms with E-state index in [2.05, 4.69) is 20.5 Å². The number of rotatable bonds is 1. The summed E-state index contributed by atoms with van der Waals surface area (Å²) in [4.78, 5) is 4.27. The Morgan fingerprint density at radius 3 is 2.82 bits per heavy atom. The van der Waals surface area contributed by atoms with Crippen LogP contribution in [0, 0.1) is 0 Å². The van der Waals surface area contributed by atoms with Gasteiger partial charge in [-0.25, -0.2) is 4.68 Å². The zero-order valence-corrected chi connectivity index (χ0v) is 9.07. The van der Waals surface area contributed by atoms with E-state index in [4.69, 9.17) is 0 Å². The molecule has 0 saturated carbocycles. The van der Waals surface area contributed by atoms with Crippen LogP contribution in [0.5, 0.6) is 5.75 Å². The predicted octanol–water partition coefficient (Wildman–Crippen LogP) is 1.13. The number of tetrazole rings is 1. The maximum atomic E-state index is 10.2. The highest BCUT2D eigenvalue weighted by Gasteiger charge is 2.13. The Morgan fingerprint density at radius 2 is 2.06 bits per heavy atom. The minimum absolute atomic E-state index is 0.147. The number of aromatic nitrogens is 5. The average molecular weight is 227 g/mol.